The van der Waals surface area contributed by atoms with Crippen LogP contribution >= 0.6 is 0 Å². The Morgan fingerprint density at radius 3 is 2.36 bits per heavy atom. The molecule has 0 amide bonds. The van der Waals surface area contributed by atoms with Gasteiger partial charge < -0.3 is 10.5 Å². The Morgan fingerprint density at radius 2 is 1.86 bits per heavy atom. The van der Waals surface area contributed by atoms with Crippen molar-refractivity contribution in [3.05, 3.63) is 0 Å². The molecular weight excluding hydrogens is 174 g/mol. The van der Waals surface area contributed by atoms with Crippen LogP contribution in [-0.4, -0.2) is 18.8 Å². The first kappa shape index (κ1) is 12.0. The van der Waals surface area contributed by atoms with Crippen molar-refractivity contribution in [2.75, 3.05) is 6.61 Å². The second kappa shape index (κ2) is 5.72. The van der Waals surface area contributed by atoms with Crippen molar-refractivity contribution in [3.63, 3.8) is 0 Å². The zero-order valence-electron chi connectivity index (χ0n) is 9.83. The maximum Gasteiger partial charge on any atom is 0.0700 e. The maximum atomic E-state index is 6.20. The predicted molar refractivity (Wildman–Crippen MR) is 60.2 cm³/mol. The highest BCUT2D eigenvalue weighted by molar-refractivity contribution is 4.82. The lowest BCUT2D eigenvalue weighted by molar-refractivity contribution is 0.0339. The van der Waals surface area contributed by atoms with E-state index < -0.39 is 0 Å². The molecule has 1 rings (SSSR count). The van der Waals surface area contributed by atoms with Gasteiger partial charge >= 0.3 is 0 Å². The highest BCUT2D eigenvalue weighted by Crippen LogP contribution is 2.31. The summed E-state index contributed by atoms with van der Waals surface area (Å²) in [6, 6.07) is 0.238. The largest absolute Gasteiger partial charge is 0.377 e. The minimum Gasteiger partial charge on any atom is -0.377 e. The van der Waals surface area contributed by atoms with Crippen molar-refractivity contribution >= 4 is 0 Å². The van der Waals surface area contributed by atoms with Crippen molar-refractivity contribution in [2.24, 2.45) is 17.6 Å². The average Bonchev–Trinajstić information content (AvgIpc) is 2.18. The number of hydrogen-bond donors (Lipinski definition) is 1. The van der Waals surface area contributed by atoms with Gasteiger partial charge in [0, 0.05) is 12.6 Å². The molecule has 1 saturated carbocycles. The van der Waals surface area contributed by atoms with Gasteiger partial charge in [0.25, 0.3) is 0 Å². The van der Waals surface area contributed by atoms with Gasteiger partial charge in [0.2, 0.25) is 0 Å². The summed E-state index contributed by atoms with van der Waals surface area (Å²) in [6.07, 6.45) is 5.49. The van der Waals surface area contributed by atoms with Crippen molar-refractivity contribution < 1.29 is 4.74 Å². The molecule has 2 nitrogen and oxygen atoms in total. The third kappa shape index (κ3) is 3.25. The molecule has 0 aliphatic heterocycles. The van der Waals surface area contributed by atoms with Gasteiger partial charge in [-0.25, -0.2) is 0 Å². The van der Waals surface area contributed by atoms with E-state index in [1.165, 1.54) is 25.7 Å². The fraction of sp³-hybridized carbons (Fsp3) is 1.00. The van der Waals surface area contributed by atoms with E-state index in [9.17, 15) is 0 Å². The van der Waals surface area contributed by atoms with E-state index in [2.05, 4.69) is 13.8 Å². The lowest BCUT2D eigenvalue weighted by Gasteiger charge is -2.33. The summed E-state index contributed by atoms with van der Waals surface area (Å²) in [5, 5.41) is 0. The first-order chi connectivity index (χ1) is 6.65. The van der Waals surface area contributed by atoms with Gasteiger partial charge in [0.1, 0.15) is 0 Å². The first-order valence-corrected chi connectivity index (χ1v) is 6.02. The van der Waals surface area contributed by atoms with Crippen LogP contribution in [0, 0.1) is 11.8 Å². The molecule has 2 atom stereocenters. The summed E-state index contributed by atoms with van der Waals surface area (Å²) in [5.41, 5.74) is 6.20. The molecule has 0 heterocycles. The highest BCUT2D eigenvalue weighted by Gasteiger charge is 2.27. The van der Waals surface area contributed by atoms with Crippen molar-refractivity contribution in [3.8, 4) is 0 Å². The monoisotopic (exact) mass is 199 g/mol. The molecule has 1 aliphatic rings. The lowest BCUT2D eigenvalue weighted by Crippen LogP contribution is -2.42. The van der Waals surface area contributed by atoms with Crippen LogP contribution in [0.4, 0.5) is 0 Å². The fourth-order valence-corrected chi connectivity index (χ4v) is 2.43. The number of hydrogen-bond acceptors (Lipinski definition) is 2. The molecule has 0 aromatic rings. The summed E-state index contributed by atoms with van der Waals surface area (Å²) in [6.45, 7) is 7.25. The van der Waals surface area contributed by atoms with Gasteiger partial charge in [-0.15, -0.1) is 0 Å². The van der Waals surface area contributed by atoms with E-state index in [4.69, 9.17) is 10.5 Å². The van der Waals surface area contributed by atoms with E-state index in [0.717, 1.165) is 12.5 Å². The Bertz CT molecular complexity index is 152. The minimum atomic E-state index is 0.221. The van der Waals surface area contributed by atoms with Gasteiger partial charge in [0.05, 0.1) is 6.10 Å². The number of rotatable bonds is 4. The van der Waals surface area contributed by atoms with E-state index in [-0.39, 0.29) is 12.1 Å². The molecule has 14 heavy (non-hydrogen) atoms. The van der Waals surface area contributed by atoms with Crippen LogP contribution in [0.1, 0.15) is 46.5 Å². The molecule has 0 saturated heterocycles. The molecule has 84 valence electrons. The topological polar surface area (TPSA) is 35.2 Å². The average molecular weight is 199 g/mol. The van der Waals surface area contributed by atoms with Gasteiger partial charge in [-0.3, -0.25) is 0 Å². The standard InChI is InChI=1S/C12H25NO/c1-4-14-10(3)12(13)11-7-5-9(2)6-8-11/h9-12H,4-8,13H2,1-3H3. The zero-order valence-corrected chi connectivity index (χ0v) is 9.83. The summed E-state index contributed by atoms with van der Waals surface area (Å²) in [5.74, 6) is 1.59. The van der Waals surface area contributed by atoms with Crippen LogP contribution in [0.2, 0.25) is 0 Å². The van der Waals surface area contributed by atoms with E-state index in [1.54, 1.807) is 0 Å². The molecule has 1 aliphatic carbocycles. The fourth-order valence-electron chi connectivity index (χ4n) is 2.43. The lowest BCUT2D eigenvalue weighted by atomic mass is 9.78. The van der Waals surface area contributed by atoms with Gasteiger partial charge in [-0.05, 0) is 38.5 Å². The molecule has 2 heteroatoms. The SMILES string of the molecule is CCOC(C)C(N)C1CCC(C)CC1. The third-order valence-corrected chi connectivity index (χ3v) is 3.58. The van der Waals surface area contributed by atoms with Crippen LogP contribution in [0.3, 0.4) is 0 Å². The Morgan fingerprint density at radius 1 is 1.29 bits per heavy atom. The van der Waals surface area contributed by atoms with E-state index in [1.807, 2.05) is 6.92 Å². The normalized spacial score (nSPS) is 32.6. The molecular formula is C12H25NO. The molecule has 0 spiro atoms. The van der Waals surface area contributed by atoms with Crippen molar-refractivity contribution in [1.82, 2.24) is 0 Å². The maximum absolute atomic E-state index is 6.20. The second-order valence-electron chi connectivity index (χ2n) is 4.76. The van der Waals surface area contributed by atoms with Gasteiger partial charge in [-0.2, -0.15) is 0 Å². The smallest absolute Gasteiger partial charge is 0.0700 e. The van der Waals surface area contributed by atoms with Crippen molar-refractivity contribution in [2.45, 2.75) is 58.6 Å². The molecule has 2 N–H and O–H groups in total. The summed E-state index contributed by atoms with van der Waals surface area (Å²) < 4.78 is 5.56. The first-order valence-electron chi connectivity index (χ1n) is 6.02. The summed E-state index contributed by atoms with van der Waals surface area (Å²) >= 11 is 0. The van der Waals surface area contributed by atoms with Crippen LogP contribution in [0.5, 0.6) is 0 Å². The quantitative estimate of drug-likeness (QED) is 0.755. The van der Waals surface area contributed by atoms with Crippen LogP contribution < -0.4 is 5.73 Å². The second-order valence-corrected chi connectivity index (χ2v) is 4.76. The molecule has 0 bridgehead atoms. The van der Waals surface area contributed by atoms with Gasteiger partial charge in [-0.1, -0.05) is 19.8 Å². The molecule has 0 aromatic carbocycles. The minimum absolute atomic E-state index is 0.221. The summed E-state index contributed by atoms with van der Waals surface area (Å²) in [4.78, 5) is 0. The Kier molecular flexibility index (Phi) is 4.90. The van der Waals surface area contributed by atoms with Crippen LogP contribution in [0.15, 0.2) is 0 Å². The highest BCUT2D eigenvalue weighted by atomic mass is 16.5. The Labute approximate surface area is 88.2 Å². The predicted octanol–water partition coefficient (Wildman–Crippen LogP) is 2.57. The summed E-state index contributed by atoms with van der Waals surface area (Å²) in [7, 11) is 0. The zero-order chi connectivity index (χ0) is 10.6. The third-order valence-electron chi connectivity index (χ3n) is 3.58. The van der Waals surface area contributed by atoms with Crippen LogP contribution in [-0.2, 0) is 4.74 Å². The molecule has 0 radical (unpaired) electrons. The number of nitrogens with two attached hydrogens (primary N) is 1. The van der Waals surface area contributed by atoms with E-state index in [0.29, 0.717) is 5.92 Å². The molecule has 2 unspecified atom stereocenters. The van der Waals surface area contributed by atoms with E-state index >= 15 is 0 Å². The Balaban J connectivity index is 2.33. The van der Waals surface area contributed by atoms with Crippen LogP contribution in [0.25, 0.3) is 0 Å². The number of ether oxygens (including phenoxy) is 1. The Hall–Kier alpha value is -0.0800. The van der Waals surface area contributed by atoms with Crippen molar-refractivity contribution in [1.29, 1.82) is 0 Å². The molecule has 0 aromatic heterocycles. The molecule has 1 fully saturated rings. The van der Waals surface area contributed by atoms with Gasteiger partial charge in [0.15, 0.2) is 0 Å².